The van der Waals surface area contributed by atoms with Gasteiger partial charge in [0.2, 0.25) is 0 Å². The summed E-state index contributed by atoms with van der Waals surface area (Å²) in [5, 5.41) is 2.83. The number of amides is 1. The fourth-order valence-corrected chi connectivity index (χ4v) is 0.927. The maximum Gasteiger partial charge on any atom is 0.251 e. The monoisotopic (exact) mass is 176 g/mol. The van der Waals surface area contributed by atoms with Crippen LogP contribution in [0.2, 0.25) is 0 Å². The fourth-order valence-electron chi connectivity index (χ4n) is 0.927. The highest BCUT2D eigenvalue weighted by molar-refractivity contribution is 5.93. The number of benzene rings is 1. The normalized spacial score (nSPS) is 10.1. The largest absolute Gasteiger partial charge is 0.352 e. The minimum absolute atomic E-state index is 0.0469. The van der Waals surface area contributed by atoms with Crippen LogP contribution in [0.4, 0.5) is 0 Å². The second-order valence-electron chi connectivity index (χ2n) is 3.38. The van der Waals surface area contributed by atoms with Gasteiger partial charge in [-0.25, -0.2) is 0 Å². The third-order valence-corrected chi connectivity index (χ3v) is 1.62. The molecule has 1 rings (SSSR count). The molecule has 69 valence electrons. The van der Waals surface area contributed by atoms with Gasteiger partial charge < -0.3 is 5.32 Å². The van der Waals surface area contributed by atoms with Crippen LogP contribution < -0.4 is 5.32 Å². The van der Waals surface area contributed by atoms with E-state index in [4.69, 9.17) is 0 Å². The van der Waals surface area contributed by atoms with Gasteiger partial charge in [0.15, 0.2) is 0 Å². The van der Waals surface area contributed by atoms with Crippen molar-refractivity contribution in [2.75, 3.05) is 6.54 Å². The molecule has 1 amide bonds. The summed E-state index contributed by atoms with van der Waals surface area (Å²) in [5.74, 6) is 0.432. The number of carbonyl (C=O) groups excluding carboxylic acids is 1. The average molecular weight is 176 g/mol. The molecule has 0 aliphatic rings. The topological polar surface area (TPSA) is 29.1 Å². The Bertz CT molecular complexity index is 267. The lowest BCUT2D eigenvalue weighted by molar-refractivity contribution is 0.0948. The molecule has 0 atom stereocenters. The fraction of sp³-hybridized carbons (Fsp3) is 0.364. The highest BCUT2D eigenvalue weighted by Gasteiger charge is 2.03. The molecule has 0 aromatic heterocycles. The van der Waals surface area contributed by atoms with E-state index in [0.29, 0.717) is 18.0 Å². The van der Waals surface area contributed by atoms with Gasteiger partial charge in [-0.1, -0.05) is 32.0 Å². The van der Waals surface area contributed by atoms with Crippen molar-refractivity contribution in [3.05, 3.63) is 35.9 Å². The first kappa shape index (κ1) is 9.78. The van der Waals surface area contributed by atoms with Gasteiger partial charge in [-0.3, -0.25) is 4.79 Å². The van der Waals surface area contributed by atoms with Gasteiger partial charge in [0, 0.05) is 12.1 Å². The maximum absolute atomic E-state index is 11.4. The summed E-state index contributed by atoms with van der Waals surface area (Å²) >= 11 is 0. The summed E-state index contributed by atoms with van der Waals surface area (Å²) in [6, 6.07) is 10.1. The molecule has 0 fully saturated rings. The van der Waals surface area contributed by atoms with Crippen molar-refractivity contribution >= 4 is 5.91 Å². The van der Waals surface area contributed by atoms with Gasteiger partial charge in [0.25, 0.3) is 5.91 Å². The summed E-state index contributed by atoms with van der Waals surface area (Å²) in [7, 11) is 0. The van der Waals surface area contributed by atoms with Crippen LogP contribution in [0.25, 0.3) is 0 Å². The van der Waals surface area contributed by atoms with Crippen LogP contribution in [0.1, 0.15) is 24.2 Å². The van der Waals surface area contributed by atoms with E-state index in [-0.39, 0.29) is 5.91 Å². The molecule has 1 radical (unpaired) electrons. The van der Waals surface area contributed by atoms with Crippen LogP contribution in [0.15, 0.2) is 24.3 Å². The van der Waals surface area contributed by atoms with E-state index in [1.165, 1.54) is 0 Å². The Kier molecular flexibility index (Phi) is 3.50. The molecule has 2 heteroatoms. The van der Waals surface area contributed by atoms with E-state index in [0.717, 1.165) is 0 Å². The van der Waals surface area contributed by atoms with Gasteiger partial charge in [-0.05, 0) is 18.1 Å². The minimum atomic E-state index is -0.0469. The standard InChI is InChI=1S/C11H14NO/c1-9(2)8-12-11(13)10-6-4-3-5-7-10/h3-6,9H,8H2,1-2H3,(H,12,13). The van der Waals surface area contributed by atoms with Gasteiger partial charge >= 0.3 is 0 Å². The first-order valence-corrected chi connectivity index (χ1v) is 4.45. The Morgan fingerprint density at radius 2 is 2.31 bits per heavy atom. The van der Waals surface area contributed by atoms with Crippen molar-refractivity contribution in [2.45, 2.75) is 13.8 Å². The second-order valence-corrected chi connectivity index (χ2v) is 3.38. The second kappa shape index (κ2) is 4.65. The molecule has 0 heterocycles. The Hall–Kier alpha value is -1.31. The Morgan fingerprint density at radius 3 is 2.85 bits per heavy atom. The molecule has 1 aromatic carbocycles. The number of rotatable bonds is 3. The van der Waals surface area contributed by atoms with E-state index >= 15 is 0 Å². The summed E-state index contributed by atoms with van der Waals surface area (Å²) in [6.45, 7) is 4.84. The molecule has 0 aliphatic carbocycles. The zero-order chi connectivity index (χ0) is 9.68. The third-order valence-electron chi connectivity index (χ3n) is 1.62. The van der Waals surface area contributed by atoms with Crippen molar-refractivity contribution in [3.63, 3.8) is 0 Å². The van der Waals surface area contributed by atoms with Crippen molar-refractivity contribution in [1.82, 2.24) is 5.32 Å². The molecule has 0 bridgehead atoms. The average Bonchev–Trinajstić information content (AvgIpc) is 2.15. The highest BCUT2D eigenvalue weighted by Crippen LogP contribution is 1.97. The number of carbonyl (C=O) groups is 1. The number of nitrogens with one attached hydrogen (secondary N) is 1. The minimum Gasteiger partial charge on any atom is -0.352 e. The van der Waals surface area contributed by atoms with Crippen LogP contribution in [0, 0.1) is 12.0 Å². The third kappa shape index (κ3) is 3.28. The van der Waals surface area contributed by atoms with Crippen molar-refractivity contribution in [3.8, 4) is 0 Å². The predicted molar refractivity (Wildman–Crippen MR) is 52.4 cm³/mol. The van der Waals surface area contributed by atoms with Gasteiger partial charge in [0.05, 0.1) is 0 Å². The summed E-state index contributed by atoms with van der Waals surface area (Å²) in [5.41, 5.74) is 0.600. The maximum atomic E-state index is 11.4. The van der Waals surface area contributed by atoms with Crippen LogP contribution >= 0.6 is 0 Å². The summed E-state index contributed by atoms with van der Waals surface area (Å²) in [4.78, 5) is 11.4. The first-order valence-electron chi connectivity index (χ1n) is 4.45. The van der Waals surface area contributed by atoms with Gasteiger partial charge in [-0.15, -0.1) is 0 Å². The predicted octanol–water partition coefficient (Wildman–Crippen LogP) is 1.87. The Morgan fingerprint density at radius 1 is 1.54 bits per heavy atom. The lowest BCUT2D eigenvalue weighted by atomic mass is 10.2. The van der Waals surface area contributed by atoms with E-state index < -0.39 is 0 Å². The molecule has 1 N–H and O–H groups in total. The summed E-state index contributed by atoms with van der Waals surface area (Å²) in [6.07, 6.45) is 0. The highest BCUT2D eigenvalue weighted by atomic mass is 16.1. The number of hydrogen-bond donors (Lipinski definition) is 1. The molecule has 13 heavy (non-hydrogen) atoms. The van der Waals surface area contributed by atoms with Crippen LogP contribution in [0.3, 0.4) is 0 Å². The number of hydrogen-bond acceptors (Lipinski definition) is 1. The zero-order valence-electron chi connectivity index (χ0n) is 8.00. The van der Waals surface area contributed by atoms with Gasteiger partial charge in [0.1, 0.15) is 0 Å². The van der Waals surface area contributed by atoms with Crippen LogP contribution in [0.5, 0.6) is 0 Å². The smallest absolute Gasteiger partial charge is 0.251 e. The van der Waals surface area contributed by atoms with Crippen LogP contribution in [-0.4, -0.2) is 12.5 Å². The molecule has 0 saturated carbocycles. The molecule has 1 aromatic rings. The zero-order valence-corrected chi connectivity index (χ0v) is 8.00. The molecule has 0 aliphatic heterocycles. The summed E-state index contributed by atoms with van der Waals surface area (Å²) < 4.78 is 0. The van der Waals surface area contributed by atoms with Crippen molar-refractivity contribution in [2.24, 2.45) is 5.92 Å². The SMILES string of the molecule is CC(C)CNC(=O)c1[c]cccc1. The van der Waals surface area contributed by atoms with E-state index in [9.17, 15) is 4.79 Å². The Balaban J connectivity index is 2.50. The van der Waals surface area contributed by atoms with E-state index in [1.807, 2.05) is 12.1 Å². The van der Waals surface area contributed by atoms with Crippen molar-refractivity contribution in [1.29, 1.82) is 0 Å². The molecule has 0 spiro atoms. The molecular formula is C11H14NO. The molecule has 0 saturated heterocycles. The van der Waals surface area contributed by atoms with Crippen molar-refractivity contribution < 1.29 is 4.79 Å². The van der Waals surface area contributed by atoms with E-state index in [2.05, 4.69) is 25.2 Å². The molecule has 0 unspecified atom stereocenters. The first-order chi connectivity index (χ1) is 6.20. The van der Waals surface area contributed by atoms with E-state index in [1.54, 1.807) is 12.1 Å². The molecular weight excluding hydrogens is 162 g/mol. The van der Waals surface area contributed by atoms with Crippen LogP contribution in [-0.2, 0) is 0 Å². The molecule has 2 nitrogen and oxygen atoms in total. The Labute approximate surface area is 79.0 Å². The van der Waals surface area contributed by atoms with Gasteiger partial charge in [-0.2, -0.15) is 0 Å². The lowest BCUT2D eigenvalue weighted by Gasteiger charge is -2.06. The lowest BCUT2D eigenvalue weighted by Crippen LogP contribution is -2.27. The quantitative estimate of drug-likeness (QED) is 0.748.